The Morgan fingerprint density at radius 1 is 1.20 bits per heavy atom. The van der Waals surface area contributed by atoms with Crippen LogP contribution in [0, 0.1) is 3.77 Å². The maximum atomic E-state index is 11.9. The smallest absolute Gasteiger partial charge is 0.293 e. The fourth-order valence-electron chi connectivity index (χ4n) is 1.67. The number of anilines is 1. The Morgan fingerprint density at radius 2 is 2.00 bits per heavy atom. The molecule has 0 bridgehead atoms. The van der Waals surface area contributed by atoms with Crippen molar-refractivity contribution in [2.75, 3.05) is 5.32 Å². The van der Waals surface area contributed by atoms with Crippen LogP contribution in [0.3, 0.4) is 0 Å². The Balaban J connectivity index is 1.76. The monoisotopic (exact) mass is 396 g/mol. The molecule has 20 heavy (non-hydrogen) atoms. The molecule has 0 aliphatic carbocycles. The van der Waals surface area contributed by atoms with Crippen LogP contribution in [0.1, 0.15) is 10.6 Å². The molecule has 0 radical (unpaired) electrons. The van der Waals surface area contributed by atoms with Crippen LogP contribution < -0.4 is 5.32 Å². The molecule has 1 amide bonds. The molecule has 4 nitrogen and oxygen atoms in total. The van der Waals surface area contributed by atoms with Gasteiger partial charge < -0.3 is 4.42 Å². The lowest BCUT2D eigenvalue weighted by Gasteiger charge is -1.98. The first-order chi connectivity index (χ1) is 9.72. The number of carbonyl (C=O) groups is 1. The van der Waals surface area contributed by atoms with Gasteiger partial charge in [-0.2, -0.15) is 0 Å². The lowest BCUT2D eigenvalue weighted by molar-refractivity contribution is 0.0995. The summed E-state index contributed by atoms with van der Waals surface area (Å²) in [7, 11) is 0. The van der Waals surface area contributed by atoms with Crippen molar-refractivity contribution in [2.24, 2.45) is 0 Å². The molecule has 0 saturated carbocycles. The normalized spacial score (nSPS) is 10.4. The van der Waals surface area contributed by atoms with E-state index < -0.39 is 0 Å². The third-order valence-electron chi connectivity index (χ3n) is 2.59. The van der Waals surface area contributed by atoms with Gasteiger partial charge in [0.05, 0.1) is 5.69 Å². The molecule has 1 N–H and O–H groups in total. The van der Waals surface area contributed by atoms with Gasteiger partial charge in [0.15, 0.2) is 14.7 Å². The minimum absolute atomic E-state index is 0.283. The van der Waals surface area contributed by atoms with E-state index in [4.69, 9.17) is 4.42 Å². The van der Waals surface area contributed by atoms with Gasteiger partial charge in [0.25, 0.3) is 5.91 Å². The maximum absolute atomic E-state index is 11.9. The number of rotatable bonds is 3. The van der Waals surface area contributed by atoms with Gasteiger partial charge in [-0.3, -0.25) is 10.1 Å². The molecule has 0 atom stereocenters. The molecule has 0 saturated heterocycles. The first-order valence-electron chi connectivity index (χ1n) is 5.80. The number of carbonyl (C=O) groups excluding carboxylic acids is 1. The number of hydrogen-bond acceptors (Lipinski definition) is 4. The van der Waals surface area contributed by atoms with Crippen molar-refractivity contribution < 1.29 is 9.21 Å². The molecular weight excluding hydrogens is 387 g/mol. The van der Waals surface area contributed by atoms with Crippen LogP contribution in [-0.2, 0) is 0 Å². The van der Waals surface area contributed by atoms with Gasteiger partial charge in [-0.1, -0.05) is 30.3 Å². The van der Waals surface area contributed by atoms with Crippen molar-refractivity contribution in [2.45, 2.75) is 0 Å². The predicted octanol–water partition coefficient (Wildman–Crippen LogP) is 4.26. The Hall–Kier alpha value is -1.67. The predicted molar refractivity (Wildman–Crippen MR) is 86.9 cm³/mol. The van der Waals surface area contributed by atoms with E-state index >= 15 is 0 Å². The van der Waals surface area contributed by atoms with E-state index in [-0.39, 0.29) is 11.7 Å². The number of halogens is 1. The number of benzene rings is 1. The van der Waals surface area contributed by atoms with E-state index in [0.29, 0.717) is 8.90 Å². The van der Waals surface area contributed by atoms with Gasteiger partial charge in [0.2, 0.25) is 0 Å². The topological polar surface area (TPSA) is 55.1 Å². The van der Waals surface area contributed by atoms with Crippen molar-refractivity contribution in [3.8, 4) is 11.3 Å². The Labute approximate surface area is 133 Å². The van der Waals surface area contributed by atoms with E-state index in [1.807, 2.05) is 58.3 Å². The van der Waals surface area contributed by atoms with E-state index in [0.717, 1.165) is 11.3 Å². The molecule has 6 heteroatoms. The SMILES string of the molecule is O=C(Nc1nc(-c2ccccc2)cs1)c1ccc(I)o1. The Morgan fingerprint density at radius 3 is 2.70 bits per heavy atom. The number of nitrogens with one attached hydrogen (secondary N) is 1. The summed E-state index contributed by atoms with van der Waals surface area (Å²) < 4.78 is 5.94. The second-order valence-electron chi connectivity index (χ2n) is 3.96. The van der Waals surface area contributed by atoms with Crippen molar-refractivity contribution in [1.82, 2.24) is 4.98 Å². The molecule has 3 aromatic rings. The van der Waals surface area contributed by atoms with Gasteiger partial charge in [0.1, 0.15) is 0 Å². The Bertz CT molecular complexity index is 736. The molecule has 0 aliphatic heterocycles. The average molecular weight is 396 g/mol. The summed E-state index contributed by atoms with van der Waals surface area (Å²) in [6.07, 6.45) is 0. The zero-order valence-electron chi connectivity index (χ0n) is 10.2. The zero-order valence-corrected chi connectivity index (χ0v) is 13.1. The van der Waals surface area contributed by atoms with Crippen LogP contribution in [0.5, 0.6) is 0 Å². The number of aromatic nitrogens is 1. The van der Waals surface area contributed by atoms with Crippen LogP contribution >= 0.6 is 33.9 Å². The van der Waals surface area contributed by atoms with Gasteiger partial charge in [-0.25, -0.2) is 4.98 Å². The third kappa shape index (κ3) is 2.91. The fraction of sp³-hybridized carbons (Fsp3) is 0. The van der Waals surface area contributed by atoms with Gasteiger partial charge >= 0.3 is 0 Å². The van der Waals surface area contributed by atoms with E-state index in [1.54, 1.807) is 12.1 Å². The summed E-state index contributed by atoms with van der Waals surface area (Å²) >= 11 is 3.40. The number of hydrogen-bond donors (Lipinski definition) is 1. The second kappa shape index (κ2) is 5.76. The van der Waals surface area contributed by atoms with Crippen LogP contribution in [0.2, 0.25) is 0 Å². The fourth-order valence-corrected chi connectivity index (χ4v) is 2.80. The molecule has 0 fully saturated rings. The summed E-state index contributed by atoms with van der Waals surface area (Å²) in [5, 5.41) is 5.20. The highest BCUT2D eigenvalue weighted by Crippen LogP contribution is 2.25. The lowest BCUT2D eigenvalue weighted by Crippen LogP contribution is -2.10. The lowest BCUT2D eigenvalue weighted by atomic mass is 10.2. The van der Waals surface area contributed by atoms with Crippen molar-refractivity contribution in [3.05, 3.63) is 57.4 Å². The first kappa shape index (κ1) is 13.3. The number of nitrogens with zero attached hydrogens (tertiary/aromatic N) is 1. The third-order valence-corrected chi connectivity index (χ3v) is 3.93. The van der Waals surface area contributed by atoms with Crippen molar-refractivity contribution in [3.63, 3.8) is 0 Å². The average Bonchev–Trinajstić information content (AvgIpc) is 3.09. The summed E-state index contributed by atoms with van der Waals surface area (Å²) in [5.74, 6) is -0.00672. The summed E-state index contributed by atoms with van der Waals surface area (Å²) in [6, 6.07) is 13.2. The molecule has 100 valence electrons. The second-order valence-corrected chi connectivity index (χ2v) is 5.88. The summed E-state index contributed by atoms with van der Waals surface area (Å²) in [6.45, 7) is 0. The summed E-state index contributed by atoms with van der Waals surface area (Å²) in [5.41, 5.74) is 1.87. The molecule has 2 aromatic heterocycles. The minimum Gasteiger partial charge on any atom is -0.445 e. The van der Waals surface area contributed by atoms with E-state index in [1.165, 1.54) is 11.3 Å². The first-order valence-corrected chi connectivity index (χ1v) is 7.76. The minimum atomic E-state index is -0.290. The highest BCUT2D eigenvalue weighted by Gasteiger charge is 2.13. The molecule has 1 aromatic carbocycles. The van der Waals surface area contributed by atoms with E-state index in [9.17, 15) is 4.79 Å². The molecule has 3 rings (SSSR count). The van der Waals surface area contributed by atoms with Crippen LogP contribution in [0.4, 0.5) is 5.13 Å². The number of amides is 1. The Kier molecular flexibility index (Phi) is 3.83. The van der Waals surface area contributed by atoms with Crippen LogP contribution in [0.25, 0.3) is 11.3 Å². The molecular formula is C14H9IN2O2S. The highest BCUT2D eigenvalue weighted by molar-refractivity contribution is 14.1. The van der Waals surface area contributed by atoms with Crippen molar-refractivity contribution in [1.29, 1.82) is 0 Å². The van der Waals surface area contributed by atoms with Crippen LogP contribution in [0.15, 0.2) is 52.3 Å². The molecule has 2 heterocycles. The van der Waals surface area contributed by atoms with Crippen molar-refractivity contribution >= 4 is 45.0 Å². The van der Waals surface area contributed by atoms with E-state index in [2.05, 4.69) is 10.3 Å². The van der Waals surface area contributed by atoms with Crippen LogP contribution in [-0.4, -0.2) is 10.9 Å². The summed E-state index contributed by atoms with van der Waals surface area (Å²) in [4.78, 5) is 16.3. The highest BCUT2D eigenvalue weighted by atomic mass is 127. The largest absolute Gasteiger partial charge is 0.445 e. The molecule has 0 spiro atoms. The standard InChI is InChI=1S/C14H9IN2O2S/c15-12-7-6-11(19-12)13(18)17-14-16-10(8-20-14)9-4-2-1-3-5-9/h1-8H,(H,16,17,18). The van der Waals surface area contributed by atoms with Gasteiger partial charge in [-0.15, -0.1) is 11.3 Å². The number of thiazole rings is 1. The molecule has 0 aliphatic rings. The molecule has 0 unspecified atom stereocenters. The quantitative estimate of drug-likeness (QED) is 0.674. The number of furan rings is 1. The maximum Gasteiger partial charge on any atom is 0.293 e. The zero-order chi connectivity index (χ0) is 13.9. The van der Waals surface area contributed by atoms with Gasteiger partial charge in [0, 0.05) is 10.9 Å². The van der Waals surface area contributed by atoms with Gasteiger partial charge in [-0.05, 0) is 34.7 Å².